The number of halogens is 1. The minimum absolute atomic E-state index is 0.451. The van der Waals surface area contributed by atoms with Crippen LogP contribution in [0.2, 0.25) is 0 Å². The number of carbonyl (C=O) groups excluding carboxylic acids is 1. The number of aromatic nitrogens is 1. The topological polar surface area (TPSA) is 30.0 Å². The van der Waals surface area contributed by atoms with E-state index in [1.54, 1.807) is 0 Å². The van der Waals surface area contributed by atoms with E-state index in [9.17, 15) is 4.79 Å². The number of rotatable bonds is 2. The molecule has 2 nitrogen and oxygen atoms in total. The van der Waals surface area contributed by atoms with Crippen molar-refractivity contribution < 1.29 is 4.79 Å². The lowest BCUT2D eigenvalue weighted by Gasteiger charge is -1.99. The predicted octanol–water partition coefficient (Wildman–Crippen LogP) is 1.89. The van der Waals surface area contributed by atoms with Gasteiger partial charge in [-0.1, -0.05) is 6.07 Å². The van der Waals surface area contributed by atoms with Gasteiger partial charge in [0, 0.05) is 12.1 Å². The third-order valence-corrected chi connectivity index (χ3v) is 1.91. The number of aryl methyl sites for hydroxylation is 1. The SMILES string of the molecule is Cc1nc(Br)ccc1CC=O. The molecule has 1 aromatic rings. The molecule has 0 unspecified atom stereocenters. The largest absolute Gasteiger partial charge is 0.303 e. The fraction of sp³-hybridized carbons (Fsp3) is 0.250. The third-order valence-electron chi connectivity index (χ3n) is 1.46. The number of nitrogens with zero attached hydrogens (tertiary/aromatic N) is 1. The van der Waals surface area contributed by atoms with Crippen molar-refractivity contribution >= 4 is 22.2 Å². The first-order valence-corrected chi connectivity index (χ1v) is 4.09. The molecule has 0 bridgehead atoms. The Bertz CT molecular complexity index is 273. The van der Waals surface area contributed by atoms with Crippen LogP contribution in [0.25, 0.3) is 0 Å². The molecule has 0 radical (unpaired) electrons. The van der Waals surface area contributed by atoms with Crippen LogP contribution in [0.5, 0.6) is 0 Å². The van der Waals surface area contributed by atoms with Crippen LogP contribution in [0.4, 0.5) is 0 Å². The smallest absolute Gasteiger partial charge is 0.124 e. The van der Waals surface area contributed by atoms with Crippen LogP contribution in [0, 0.1) is 6.92 Å². The fourth-order valence-corrected chi connectivity index (χ4v) is 1.26. The molecule has 0 fully saturated rings. The van der Waals surface area contributed by atoms with Crippen molar-refractivity contribution in [2.75, 3.05) is 0 Å². The average molecular weight is 214 g/mol. The maximum atomic E-state index is 10.2. The monoisotopic (exact) mass is 213 g/mol. The normalized spacial score (nSPS) is 9.64. The molecule has 1 aromatic heterocycles. The van der Waals surface area contributed by atoms with E-state index in [-0.39, 0.29) is 0 Å². The molecule has 3 heteroatoms. The molecular formula is C8H8BrNO. The van der Waals surface area contributed by atoms with Crippen molar-refractivity contribution in [3.63, 3.8) is 0 Å². The van der Waals surface area contributed by atoms with Gasteiger partial charge in [-0.15, -0.1) is 0 Å². The molecule has 58 valence electrons. The van der Waals surface area contributed by atoms with Gasteiger partial charge in [0.1, 0.15) is 10.9 Å². The van der Waals surface area contributed by atoms with Crippen LogP contribution in [-0.2, 0) is 11.2 Å². The predicted molar refractivity (Wildman–Crippen MR) is 46.4 cm³/mol. The zero-order valence-electron chi connectivity index (χ0n) is 6.17. The molecule has 0 aromatic carbocycles. The quantitative estimate of drug-likeness (QED) is 0.555. The first-order chi connectivity index (χ1) is 5.24. The first-order valence-electron chi connectivity index (χ1n) is 3.29. The Morgan fingerprint density at radius 2 is 2.36 bits per heavy atom. The van der Waals surface area contributed by atoms with Crippen molar-refractivity contribution in [1.82, 2.24) is 4.98 Å². The van der Waals surface area contributed by atoms with Crippen LogP contribution in [0.15, 0.2) is 16.7 Å². The molecule has 0 aliphatic heterocycles. The molecule has 0 saturated heterocycles. The molecule has 0 aliphatic rings. The maximum absolute atomic E-state index is 10.2. The van der Waals surface area contributed by atoms with E-state index in [0.717, 1.165) is 22.1 Å². The standard InChI is InChI=1S/C8H8BrNO/c1-6-7(4-5-11)2-3-8(9)10-6/h2-3,5H,4H2,1H3. The van der Waals surface area contributed by atoms with Crippen molar-refractivity contribution in [2.24, 2.45) is 0 Å². The van der Waals surface area contributed by atoms with Crippen LogP contribution in [-0.4, -0.2) is 11.3 Å². The summed E-state index contributed by atoms with van der Waals surface area (Å²) in [5, 5.41) is 0. The fourth-order valence-electron chi connectivity index (χ4n) is 0.865. The van der Waals surface area contributed by atoms with Gasteiger partial charge in [0.25, 0.3) is 0 Å². The van der Waals surface area contributed by atoms with Crippen molar-refractivity contribution in [3.05, 3.63) is 28.0 Å². The highest BCUT2D eigenvalue weighted by molar-refractivity contribution is 9.10. The van der Waals surface area contributed by atoms with Crippen molar-refractivity contribution in [2.45, 2.75) is 13.3 Å². The van der Waals surface area contributed by atoms with Gasteiger partial charge in [-0.2, -0.15) is 0 Å². The summed E-state index contributed by atoms with van der Waals surface area (Å²) in [4.78, 5) is 14.3. The number of hydrogen-bond donors (Lipinski definition) is 0. The Morgan fingerprint density at radius 1 is 1.64 bits per heavy atom. The van der Waals surface area contributed by atoms with Gasteiger partial charge in [0.05, 0.1) is 0 Å². The average Bonchev–Trinajstić information content (AvgIpc) is 1.95. The lowest BCUT2D eigenvalue weighted by Crippen LogP contribution is -1.93. The summed E-state index contributed by atoms with van der Waals surface area (Å²) in [7, 11) is 0. The summed E-state index contributed by atoms with van der Waals surface area (Å²) in [5.41, 5.74) is 1.90. The van der Waals surface area contributed by atoms with Gasteiger partial charge < -0.3 is 4.79 Å². The molecule has 0 aliphatic carbocycles. The van der Waals surface area contributed by atoms with Crippen molar-refractivity contribution in [1.29, 1.82) is 0 Å². The Hall–Kier alpha value is -0.700. The van der Waals surface area contributed by atoms with Crippen LogP contribution in [0.1, 0.15) is 11.3 Å². The summed E-state index contributed by atoms with van der Waals surface area (Å²) in [6, 6.07) is 3.74. The van der Waals surface area contributed by atoms with Gasteiger partial charge >= 0.3 is 0 Å². The van der Waals surface area contributed by atoms with Gasteiger partial charge in [-0.05, 0) is 34.5 Å². The number of carbonyl (C=O) groups is 1. The van der Waals surface area contributed by atoms with E-state index in [2.05, 4.69) is 20.9 Å². The van der Waals surface area contributed by atoms with Gasteiger partial charge in [0.2, 0.25) is 0 Å². The first kappa shape index (κ1) is 8.40. The minimum atomic E-state index is 0.451. The van der Waals surface area contributed by atoms with E-state index in [1.807, 2.05) is 19.1 Å². The second kappa shape index (κ2) is 3.62. The second-order valence-electron chi connectivity index (χ2n) is 2.25. The molecule has 0 atom stereocenters. The Labute approximate surface area is 73.8 Å². The maximum Gasteiger partial charge on any atom is 0.124 e. The lowest BCUT2D eigenvalue weighted by molar-refractivity contribution is -0.107. The molecule has 11 heavy (non-hydrogen) atoms. The Morgan fingerprint density at radius 3 is 2.91 bits per heavy atom. The van der Waals surface area contributed by atoms with Crippen LogP contribution < -0.4 is 0 Å². The van der Waals surface area contributed by atoms with Crippen molar-refractivity contribution in [3.8, 4) is 0 Å². The molecular weight excluding hydrogens is 206 g/mol. The molecule has 1 rings (SSSR count). The molecule has 0 amide bonds. The summed E-state index contributed by atoms with van der Waals surface area (Å²) in [5.74, 6) is 0. The highest BCUT2D eigenvalue weighted by atomic mass is 79.9. The number of aldehydes is 1. The highest BCUT2D eigenvalue weighted by Gasteiger charge is 1.98. The summed E-state index contributed by atoms with van der Waals surface area (Å²) in [6.07, 6.45) is 1.34. The number of pyridine rings is 1. The Balaban J connectivity index is 2.98. The van der Waals surface area contributed by atoms with Gasteiger partial charge in [0.15, 0.2) is 0 Å². The molecule has 1 heterocycles. The summed E-state index contributed by atoms with van der Waals surface area (Å²) < 4.78 is 0.810. The zero-order valence-corrected chi connectivity index (χ0v) is 7.76. The number of hydrogen-bond acceptors (Lipinski definition) is 2. The summed E-state index contributed by atoms with van der Waals surface area (Å²) >= 11 is 3.25. The molecule has 0 spiro atoms. The van der Waals surface area contributed by atoms with Crippen LogP contribution >= 0.6 is 15.9 Å². The second-order valence-corrected chi connectivity index (χ2v) is 3.06. The van der Waals surface area contributed by atoms with E-state index in [4.69, 9.17) is 0 Å². The molecule has 0 N–H and O–H groups in total. The Kier molecular flexibility index (Phi) is 2.76. The zero-order chi connectivity index (χ0) is 8.27. The van der Waals surface area contributed by atoms with E-state index >= 15 is 0 Å². The highest BCUT2D eigenvalue weighted by Crippen LogP contribution is 2.10. The lowest BCUT2D eigenvalue weighted by atomic mass is 10.1. The third kappa shape index (κ3) is 2.12. The van der Waals surface area contributed by atoms with Gasteiger partial charge in [-0.25, -0.2) is 4.98 Å². The van der Waals surface area contributed by atoms with E-state index in [1.165, 1.54) is 0 Å². The van der Waals surface area contributed by atoms with Gasteiger partial charge in [-0.3, -0.25) is 0 Å². The van der Waals surface area contributed by atoms with E-state index < -0.39 is 0 Å². The minimum Gasteiger partial charge on any atom is -0.303 e. The van der Waals surface area contributed by atoms with E-state index in [0.29, 0.717) is 6.42 Å². The van der Waals surface area contributed by atoms with Crippen LogP contribution in [0.3, 0.4) is 0 Å². The molecule has 0 saturated carbocycles. The summed E-state index contributed by atoms with van der Waals surface area (Å²) in [6.45, 7) is 1.89.